The monoisotopic (exact) mass is 316 g/mol. The van der Waals surface area contributed by atoms with Crippen molar-refractivity contribution in [3.05, 3.63) is 37.5 Å². The van der Waals surface area contributed by atoms with E-state index in [0.29, 0.717) is 20.8 Å². The first-order chi connectivity index (χ1) is 7.08. The molecule has 2 heterocycles. The van der Waals surface area contributed by atoms with Crippen LogP contribution in [0.15, 0.2) is 21.3 Å². The van der Waals surface area contributed by atoms with Crippen molar-refractivity contribution in [3.8, 4) is 11.6 Å². The van der Waals surface area contributed by atoms with E-state index in [9.17, 15) is 4.79 Å². The summed E-state index contributed by atoms with van der Waals surface area (Å²) in [5.74, 6) is 1.86. The lowest BCUT2D eigenvalue weighted by atomic mass is 10.4. The number of aryl methyl sites for hydroxylation is 2. The fourth-order valence-corrected chi connectivity index (χ4v) is 1.51. The van der Waals surface area contributed by atoms with Gasteiger partial charge in [0.15, 0.2) is 11.6 Å². The number of furan rings is 1. The molecule has 15 heavy (non-hydrogen) atoms. The summed E-state index contributed by atoms with van der Waals surface area (Å²) in [6.07, 6.45) is 0. The maximum atomic E-state index is 11.5. The summed E-state index contributed by atoms with van der Waals surface area (Å²) in [5.41, 5.74) is 0.579. The standard InChI is InChI=1S/C10H9IN2O2/c1-5-3-4-7(15-5)9-12-6(2)8(11)10(14)13-9/h3-4H,1-2H3,(H,12,13,14). The molecule has 0 aromatic carbocycles. The van der Waals surface area contributed by atoms with E-state index in [0.717, 1.165) is 5.76 Å². The van der Waals surface area contributed by atoms with Crippen LogP contribution in [0.25, 0.3) is 11.6 Å². The lowest BCUT2D eigenvalue weighted by Crippen LogP contribution is -2.14. The molecule has 4 nitrogen and oxygen atoms in total. The molecule has 0 spiro atoms. The van der Waals surface area contributed by atoms with E-state index in [1.54, 1.807) is 13.0 Å². The van der Waals surface area contributed by atoms with Crippen LogP contribution >= 0.6 is 22.6 Å². The molecular weight excluding hydrogens is 307 g/mol. The Hall–Kier alpha value is -1.11. The van der Waals surface area contributed by atoms with Gasteiger partial charge in [-0.3, -0.25) is 4.79 Å². The zero-order valence-electron chi connectivity index (χ0n) is 8.30. The third-order valence-corrected chi connectivity index (χ3v) is 3.27. The molecule has 0 amide bonds. The second-order valence-corrected chi connectivity index (χ2v) is 4.30. The van der Waals surface area contributed by atoms with Crippen molar-refractivity contribution >= 4 is 22.6 Å². The van der Waals surface area contributed by atoms with Gasteiger partial charge in [0.1, 0.15) is 5.76 Å². The van der Waals surface area contributed by atoms with Crippen molar-refractivity contribution < 1.29 is 4.42 Å². The van der Waals surface area contributed by atoms with Gasteiger partial charge in [0.2, 0.25) is 0 Å². The predicted molar refractivity (Wildman–Crippen MR) is 64.8 cm³/mol. The van der Waals surface area contributed by atoms with Crippen LogP contribution in [0.2, 0.25) is 0 Å². The molecule has 1 N–H and O–H groups in total. The molecular formula is C10H9IN2O2. The Morgan fingerprint density at radius 3 is 2.67 bits per heavy atom. The molecule has 2 aromatic heterocycles. The van der Waals surface area contributed by atoms with Gasteiger partial charge in [0.05, 0.1) is 9.26 Å². The first-order valence-corrected chi connectivity index (χ1v) is 5.49. The largest absolute Gasteiger partial charge is 0.458 e. The predicted octanol–water partition coefficient (Wildman–Crippen LogP) is 2.25. The summed E-state index contributed by atoms with van der Waals surface area (Å²) in [6, 6.07) is 3.63. The Bertz CT molecular complexity index is 557. The highest BCUT2D eigenvalue weighted by Crippen LogP contribution is 2.17. The fraction of sp³-hybridized carbons (Fsp3) is 0.200. The summed E-state index contributed by atoms with van der Waals surface area (Å²) >= 11 is 1.97. The van der Waals surface area contributed by atoms with Gasteiger partial charge in [-0.1, -0.05) is 0 Å². The van der Waals surface area contributed by atoms with E-state index >= 15 is 0 Å². The normalized spacial score (nSPS) is 10.6. The molecule has 0 aliphatic rings. The van der Waals surface area contributed by atoms with E-state index in [2.05, 4.69) is 9.97 Å². The quantitative estimate of drug-likeness (QED) is 0.821. The van der Waals surface area contributed by atoms with Crippen LogP contribution in [0, 0.1) is 17.4 Å². The summed E-state index contributed by atoms with van der Waals surface area (Å²) < 4.78 is 6.00. The molecule has 5 heteroatoms. The van der Waals surface area contributed by atoms with Crippen LogP contribution < -0.4 is 5.56 Å². The minimum atomic E-state index is -0.132. The fourth-order valence-electron chi connectivity index (χ4n) is 1.25. The van der Waals surface area contributed by atoms with Crippen LogP contribution in [0.4, 0.5) is 0 Å². The highest BCUT2D eigenvalue weighted by molar-refractivity contribution is 14.1. The van der Waals surface area contributed by atoms with Crippen molar-refractivity contribution in [3.63, 3.8) is 0 Å². The van der Waals surface area contributed by atoms with Gasteiger partial charge in [-0.2, -0.15) is 0 Å². The molecule has 0 aliphatic heterocycles. The first kappa shape index (κ1) is 10.4. The van der Waals surface area contributed by atoms with Crippen molar-refractivity contribution in [2.45, 2.75) is 13.8 Å². The molecule has 0 aliphatic carbocycles. The van der Waals surface area contributed by atoms with E-state index < -0.39 is 0 Å². The van der Waals surface area contributed by atoms with Crippen LogP contribution in [-0.4, -0.2) is 9.97 Å². The Labute approximate surface area is 99.9 Å². The van der Waals surface area contributed by atoms with Gasteiger partial charge >= 0.3 is 0 Å². The molecule has 0 unspecified atom stereocenters. The molecule has 2 aromatic rings. The summed E-state index contributed by atoms with van der Waals surface area (Å²) in [5, 5.41) is 0. The molecule has 0 saturated carbocycles. The Morgan fingerprint density at radius 2 is 2.13 bits per heavy atom. The maximum absolute atomic E-state index is 11.5. The average molecular weight is 316 g/mol. The van der Waals surface area contributed by atoms with Crippen LogP contribution in [0.1, 0.15) is 11.5 Å². The lowest BCUT2D eigenvalue weighted by molar-refractivity contribution is 0.543. The van der Waals surface area contributed by atoms with Gasteiger partial charge in [0, 0.05) is 0 Å². The first-order valence-electron chi connectivity index (χ1n) is 4.41. The Balaban J connectivity index is 2.60. The average Bonchev–Trinajstić information content (AvgIpc) is 2.60. The number of nitrogens with one attached hydrogen (secondary N) is 1. The van der Waals surface area contributed by atoms with Crippen molar-refractivity contribution in [1.29, 1.82) is 0 Å². The molecule has 2 rings (SSSR count). The van der Waals surface area contributed by atoms with Crippen molar-refractivity contribution in [2.75, 3.05) is 0 Å². The number of H-pyrrole nitrogens is 1. The number of nitrogens with zero attached hydrogens (tertiary/aromatic N) is 1. The van der Waals surface area contributed by atoms with Gasteiger partial charge in [-0.05, 0) is 48.6 Å². The van der Waals surface area contributed by atoms with Gasteiger partial charge in [0.25, 0.3) is 5.56 Å². The molecule has 0 fully saturated rings. The van der Waals surface area contributed by atoms with E-state index in [1.165, 1.54) is 0 Å². The zero-order chi connectivity index (χ0) is 11.0. The smallest absolute Gasteiger partial charge is 0.264 e. The molecule has 0 bridgehead atoms. The number of halogens is 1. The summed E-state index contributed by atoms with van der Waals surface area (Å²) in [4.78, 5) is 18.4. The minimum Gasteiger partial charge on any atom is -0.458 e. The molecule has 78 valence electrons. The van der Waals surface area contributed by atoms with E-state index in [4.69, 9.17) is 4.42 Å². The summed E-state index contributed by atoms with van der Waals surface area (Å²) in [7, 11) is 0. The molecule has 0 saturated heterocycles. The van der Waals surface area contributed by atoms with Crippen LogP contribution in [-0.2, 0) is 0 Å². The highest BCUT2D eigenvalue weighted by Gasteiger charge is 2.09. The van der Waals surface area contributed by atoms with Crippen LogP contribution in [0.3, 0.4) is 0 Å². The summed E-state index contributed by atoms with van der Waals surface area (Å²) in [6.45, 7) is 3.65. The van der Waals surface area contributed by atoms with Gasteiger partial charge in [-0.15, -0.1) is 0 Å². The number of aromatic amines is 1. The van der Waals surface area contributed by atoms with Crippen LogP contribution in [0.5, 0.6) is 0 Å². The second kappa shape index (κ2) is 3.80. The van der Waals surface area contributed by atoms with Crippen molar-refractivity contribution in [2.24, 2.45) is 0 Å². The Morgan fingerprint density at radius 1 is 1.40 bits per heavy atom. The maximum Gasteiger partial charge on any atom is 0.264 e. The number of rotatable bonds is 1. The minimum absolute atomic E-state index is 0.132. The number of hydrogen-bond acceptors (Lipinski definition) is 3. The molecule has 0 radical (unpaired) electrons. The second-order valence-electron chi connectivity index (χ2n) is 3.22. The third-order valence-electron chi connectivity index (χ3n) is 2.00. The SMILES string of the molecule is Cc1ccc(-c2nc(C)c(I)c(=O)[nH]2)o1. The third kappa shape index (κ3) is 1.97. The van der Waals surface area contributed by atoms with Gasteiger partial charge in [-0.25, -0.2) is 4.98 Å². The number of hydrogen-bond donors (Lipinski definition) is 1. The van der Waals surface area contributed by atoms with E-state index in [-0.39, 0.29) is 5.56 Å². The van der Waals surface area contributed by atoms with Gasteiger partial charge < -0.3 is 9.40 Å². The van der Waals surface area contributed by atoms with Crippen molar-refractivity contribution in [1.82, 2.24) is 9.97 Å². The lowest BCUT2D eigenvalue weighted by Gasteiger charge is -1.99. The number of aromatic nitrogens is 2. The highest BCUT2D eigenvalue weighted by atomic mass is 127. The van der Waals surface area contributed by atoms with E-state index in [1.807, 2.05) is 35.6 Å². The Kier molecular flexibility index (Phi) is 2.64. The topological polar surface area (TPSA) is 58.9 Å². The zero-order valence-corrected chi connectivity index (χ0v) is 10.5. The molecule has 0 atom stereocenters.